The second kappa shape index (κ2) is 4.14. The Morgan fingerprint density at radius 1 is 1.70 bits per heavy atom. The van der Waals surface area contributed by atoms with Gasteiger partial charge in [0.1, 0.15) is 10.0 Å². The van der Waals surface area contributed by atoms with Gasteiger partial charge in [0.25, 0.3) is 0 Å². The van der Waals surface area contributed by atoms with Crippen LogP contribution in [0.5, 0.6) is 0 Å². The van der Waals surface area contributed by atoms with Crippen LogP contribution in [-0.4, -0.2) is 8.96 Å². The highest BCUT2D eigenvalue weighted by Gasteiger charge is 2.22. The molecule has 0 aromatic heterocycles. The van der Waals surface area contributed by atoms with E-state index in [9.17, 15) is 4.21 Å². The molecule has 0 amide bonds. The summed E-state index contributed by atoms with van der Waals surface area (Å²) in [6.45, 7) is 7.36. The van der Waals surface area contributed by atoms with Crippen molar-refractivity contribution in [3.8, 4) is 0 Å². The summed E-state index contributed by atoms with van der Waals surface area (Å²) in [5.41, 5.74) is 0. The van der Waals surface area contributed by atoms with Crippen molar-refractivity contribution in [2.24, 2.45) is 0 Å². The summed E-state index contributed by atoms with van der Waals surface area (Å²) < 4.78 is 10.5. The lowest BCUT2D eigenvalue weighted by atomic mass is 10.1. The largest absolute Gasteiger partial charge is 0.242 e. The van der Waals surface area contributed by atoms with E-state index in [2.05, 4.69) is 6.58 Å². The molecule has 1 atom stereocenters. The van der Waals surface area contributed by atoms with Crippen LogP contribution in [-0.2, 0) is 10.0 Å². The van der Waals surface area contributed by atoms with Gasteiger partial charge in [0.2, 0.25) is 0 Å². The normalized spacial score (nSPS) is 14.7. The third kappa shape index (κ3) is 3.37. The number of rotatable bonds is 4. The van der Waals surface area contributed by atoms with E-state index in [0.717, 1.165) is 12.8 Å². The molecule has 0 saturated carbocycles. The molecule has 1 nitrogen and oxygen atoms in total. The van der Waals surface area contributed by atoms with Gasteiger partial charge in [0.15, 0.2) is 0 Å². The van der Waals surface area contributed by atoms with Crippen LogP contribution in [0.3, 0.4) is 0 Å². The molecule has 0 aliphatic heterocycles. The molecule has 0 unspecified atom stereocenters. The molecule has 0 aliphatic carbocycles. The maximum atomic E-state index is 10.8. The van der Waals surface area contributed by atoms with Crippen LogP contribution in [0.4, 0.5) is 0 Å². The molecule has 0 aromatic carbocycles. The minimum atomic E-state index is -1.25. The second-order valence-electron chi connectivity index (χ2n) is 2.81. The fourth-order valence-corrected chi connectivity index (χ4v) is 1.04. The van der Waals surface area contributed by atoms with Gasteiger partial charge < -0.3 is 0 Å². The van der Waals surface area contributed by atoms with Crippen molar-refractivity contribution in [2.75, 3.05) is 0 Å². The van der Waals surface area contributed by atoms with Crippen molar-refractivity contribution >= 4 is 20.7 Å². The highest BCUT2D eigenvalue weighted by atomic mass is 35.7. The van der Waals surface area contributed by atoms with Crippen LogP contribution < -0.4 is 0 Å². The molecule has 0 radical (unpaired) electrons. The maximum absolute atomic E-state index is 10.8. The van der Waals surface area contributed by atoms with Crippen molar-refractivity contribution < 1.29 is 4.21 Å². The topological polar surface area (TPSA) is 17.1 Å². The number of hydrogen-bond donors (Lipinski definition) is 0. The lowest BCUT2D eigenvalue weighted by Gasteiger charge is -2.17. The average molecular weight is 181 g/mol. The maximum Gasteiger partial charge on any atom is 0.120 e. The molecule has 0 saturated heterocycles. The third-order valence-electron chi connectivity index (χ3n) is 1.38. The Labute approximate surface area is 69.4 Å². The van der Waals surface area contributed by atoms with Crippen LogP contribution in [0.2, 0.25) is 0 Å². The van der Waals surface area contributed by atoms with Crippen LogP contribution in [0.25, 0.3) is 0 Å². The Morgan fingerprint density at radius 2 is 2.20 bits per heavy atom. The Balaban J connectivity index is 3.86. The van der Waals surface area contributed by atoms with E-state index < -0.39 is 10.0 Å². The Kier molecular flexibility index (Phi) is 4.22. The molecule has 10 heavy (non-hydrogen) atoms. The molecule has 3 heteroatoms. The highest BCUT2D eigenvalue weighted by Crippen LogP contribution is 2.21. The van der Waals surface area contributed by atoms with E-state index >= 15 is 0 Å². The van der Waals surface area contributed by atoms with Crippen LogP contribution in [0.1, 0.15) is 26.7 Å². The molecule has 0 aliphatic rings. The smallest absolute Gasteiger partial charge is 0.120 e. The van der Waals surface area contributed by atoms with E-state index in [4.69, 9.17) is 10.7 Å². The van der Waals surface area contributed by atoms with Gasteiger partial charge in [-0.2, -0.15) is 0 Å². The number of hydrogen-bond acceptors (Lipinski definition) is 1. The summed E-state index contributed by atoms with van der Waals surface area (Å²) in [7, 11) is 4.19. The quantitative estimate of drug-likeness (QED) is 0.480. The van der Waals surface area contributed by atoms with E-state index in [1.165, 1.54) is 0 Å². The third-order valence-corrected chi connectivity index (χ3v) is 3.71. The van der Waals surface area contributed by atoms with Gasteiger partial charge >= 0.3 is 0 Å². The van der Waals surface area contributed by atoms with Gasteiger partial charge in [-0.15, -0.1) is 6.58 Å². The Morgan fingerprint density at radius 3 is 2.50 bits per heavy atom. The first kappa shape index (κ1) is 10.2. The zero-order valence-corrected chi connectivity index (χ0v) is 7.97. The van der Waals surface area contributed by atoms with Gasteiger partial charge in [0, 0.05) is 0 Å². The van der Waals surface area contributed by atoms with Crippen LogP contribution in [0.15, 0.2) is 12.7 Å². The lowest BCUT2D eigenvalue weighted by molar-refractivity contribution is 0.605. The molecule has 0 spiro atoms. The SMILES string of the molecule is C=CCCC(C)(C)[S@](=O)Cl. The first-order valence-corrected chi connectivity index (χ1v) is 5.17. The minimum Gasteiger partial charge on any atom is -0.242 e. The number of halogens is 1. The van der Waals surface area contributed by atoms with E-state index in [-0.39, 0.29) is 4.75 Å². The fraction of sp³-hybridized carbons (Fsp3) is 0.714. The molecule has 0 bridgehead atoms. The summed E-state index contributed by atoms with van der Waals surface area (Å²) >= 11 is 0. The molecule has 0 aromatic rings. The second-order valence-corrected chi connectivity index (χ2v) is 5.20. The van der Waals surface area contributed by atoms with Crippen molar-refractivity contribution in [1.82, 2.24) is 0 Å². The van der Waals surface area contributed by atoms with Crippen LogP contribution in [0, 0.1) is 0 Å². The Bertz CT molecular complexity index is 143. The summed E-state index contributed by atoms with van der Waals surface area (Å²) in [5.74, 6) is 0. The zero-order chi connectivity index (χ0) is 8.20. The van der Waals surface area contributed by atoms with E-state index in [0.29, 0.717) is 0 Å². The summed E-state index contributed by atoms with van der Waals surface area (Å²) in [6, 6.07) is 0. The van der Waals surface area contributed by atoms with Crippen molar-refractivity contribution in [3.63, 3.8) is 0 Å². The Hall–Kier alpha value is 0.180. The zero-order valence-electron chi connectivity index (χ0n) is 6.39. The summed E-state index contributed by atoms with van der Waals surface area (Å²) in [5, 5.41) is 0. The molecular formula is C7H13ClOS. The molecular weight excluding hydrogens is 168 g/mol. The van der Waals surface area contributed by atoms with Gasteiger partial charge in [-0.1, -0.05) is 6.08 Å². The monoisotopic (exact) mass is 180 g/mol. The summed E-state index contributed by atoms with van der Waals surface area (Å²) in [6.07, 6.45) is 3.50. The molecule has 60 valence electrons. The minimum absolute atomic E-state index is 0.282. The molecule has 0 N–H and O–H groups in total. The van der Waals surface area contributed by atoms with Crippen molar-refractivity contribution in [3.05, 3.63) is 12.7 Å². The molecule has 0 rings (SSSR count). The van der Waals surface area contributed by atoms with Crippen LogP contribution >= 0.6 is 10.7 Å². The first-order valence-electron chi connectivity index (χ1n) is 3.20. The van der Waals surface area contributed by atoms with E-state index in [1.54, 1.807) is 0 Å². The molecule has 0 heterocycles. The van der Waals surface area contributed by atoms with Gasteiger partial charge in [-0.25, -0.2) is 4.21 Å². The lowest BCUT2D eigenvalue weighted by Crippen LogP contribution is -2.22. The first-order chi connectivity index (χ1) is 4.50. The average Bonchev–Trinajstić information content (AvgIpc) is 1.84. The standard InChI is InChI=1S/C7H13ClOS/c1-4-5-6-7(2,3)10(8)9/h4H,1,5-6H2,2-3H3/t10-/m0/s1. The van der Waals surface area contributed by atoms with Crippen molar-refractivity contribution in [2.45, 2.75) is 31.4 Å². The highest BCUT2D eigenvalue weighted by molar-refractivity contribution is 8.09. The van der Waals surface area contributed by atoms with Crippen molar-refractivity contribution in [1.29, 1.82) is 0 Å². The molecule has 0 fully saturated rings. The van der Waals surface area contributed by atoms with E-state index in [1.807, 2.05) is 19.9 Å². The van der Waals surface area contributed by atoms with Gasteiger partial charge in [-0.3, -0.25) is 0 Å². The predicted molar refractivity (Wildman–Crippen MR) is 47.5 cm³/mol. The predicted octanol–water partition coefficient (Wildman–Crippen LogP) is 2.63. The van der Waals surface area contributed by atoms with Gasteiger partial charge in [-0.05, 0) is 37.4 Å². The fourth-order valence-electron chi connectivity index (χ4n) is 0.530. The summed E-state index contributed by atoms with van der Waals surface area (Å²) in [4.78, 5) is 0. The van der Waals surface area contributed by atoms with Gasteiger partial charge in [0.05, 0.1) is 4.75 Å². The number of allylic oxidation sites excluding steroid dienone is 1.